The zero-order valence-corrected chi connectivity index (χ0v) is 7.49. The molecule has 2 N–H and O–H groups in total. The molecule has 0 saturated carbocycles. The van der Waals surface area contributed by atoms with Crippen LogP contribution in [0.15, 0.2) is 12.2 Å². The highest BCUT2D eigenvalue weighted by Gasteiger charge is 2.28. The molecule has 0 aromatic carbocycles. The van der Waals surface area contributed by atoms with E-state index in [1.807, 2.05) is 24.0 Å². The largest absolute Gasteiger partial charge is 0.335 e. The monoisotopic (exact) mass is 168 g/mol. The molecule has 1 fully saturated rings. The molecule has 0 bridgehead atoms. The van der Waals surface area contributed by atoms with Crippen molar-refractivity contribution in [1.29, 1.82) is 0 Å². The minimum absolute atomic E-state index is 0.239. The number of hydrogen-bond acceptors (Lipinski definition) is 2. The van der Waals surface area contributed by atoms with Crippen LogP contribution in [0.25, 0.3) is 0 Å². The van der Waals surface area contributed by atoms with Gasteiger partial charge in [-0.05, 0) is 13.3 Å². The first-order valence-corrected chi connectivity index (χ1v) is 4.40. The standard InChI is InChI=1S/C9H16N2O/c1-2-3-6-11-8(7-10)4-5-9(11)12/h2-3,8H,4-7,10H2,1H3/b3-2+. The summed E-state index contributed by atoms with van der Waals surface area (Å²) in [6, 6.07) is 0.272. The third-order valence-corrected chi connectivity index (χ3v) is 2.26. The van der Waals surface area contributed by atoms with Crippen LogP contribution in [0.4, 0.5) is 0 Å². The average Bonchev–Trinajstić information content (AvgIpc) is 2.43. The van der Waals surface area contributed by atoms with Gasteiger partial charge in [0.25, 0.3) is 0 Å². The quantitative estimate of drug-likeness (QED) is 0.624. The molecule has 1 saturated heterocycles. The van der Waals surface area contributed by atoms with Crippen molar-refractivity contribution in [3.8, 4) is 0 Å². The fourth-order valence-electron chi connectivity index (χ4n) is 1.51. The number of rotatable bonds is 3. The Balaban J connectivity index is 2.51. The molecule has 12 heavy (non-hydrogen) atoms. The van der Waals surface area contributed by atoms with Crippen molar-refractivity contribution in [2.75, 3.05) is 13.1 Å². The van der Waals surface area contributed by atoms with E-state index in [1.165, 1.54) is 0 Å². The Morgan fingerprint density at radius 2 is 2.50 bits per heavy atom. The van der Waals surface area contributed by atoms with Crippen molar-refractivity contribution in [3.05, 3.63) is 12.2 Å². The fourth-order valence-corrected chi connectivity index (χ4v) is 1.51. The molecule has 3 nitrogen and oxygen atoms in total. The highest BCUT2D eigenvalue weighted by Crippen LogP contribution is 2.16. The maximum absolute atomic E-state index is 11.3. The Bertz CT molecular complexity index is 189. The molecule has 0 aromatic heterocycles. The fraction of sp³-hybridized carbons (Fsp3) is 0.667. The van der Waals surface area contributed by atoms with Crippen LogP contribution in [-0.4, -0.2) is 29.9 Å². The number of carbonyl (C=O) groups excluding carboxylic acids is 1. The summed E-state index contributed by atoms with van der Waals surface area (Å²) in [5, 5.41) is 0. The average molecular weight is 168 g/mol. The number of carbonyl (C=O) groups is 1. The number of allylic oxidation sites excluding steroid dienone is 1. The lowest BCUT2D eigenvalue weighted by molar-refractivity contribution is -0.128. The summed E-state index contributed by atoms with van der Waals surface area (Å²) < 4.78 is 0. The maximum Gasteiger partial charge on any atom is 0.223 e. The minimum atomic E-state index is 0.239. The van der Waals surface area contributed by atoms with Crippen LogP contribution in [0, 0.1) is 0 Å². The Morgan fingerprint density at radius 1 is 1.75 bits per heavy atom. The molecule has 0 aliphatic carbocycles. The minimum Gasteiger partial charge on any atom is -0.335 e. The van der Waals surface area contributed by atoms with Gasteiger partial charge in [-0.1, -0.05) is 12.2 Å². The van der Waals surface area contributed by atoms with Gasteiger partial charge in [0.2, 0.25) is 5.91 Å². The van der Waals surface area contributed by atoms with E-state index in [-0.39, 0.29) is 11.9 Å². The van der Waals surface area contributed by atoms with Crippen molar-refractivity contribution in [2.45, 2.75) is 25.8 Å². The van der Waals surface area contributed by atoms with Crippen molar-refractivity contribution in [1.82, 2.24) is 4.90 Å². The summed E-state index contributed by atoms with van der Waals surface area (Å²) in [6.45, 7) is 3.26. The van der Waals surface area contributed by atoms with E-state index in [1.54, 1.807) is 0 Å². The van der Waals surface area contributed by atoms with Gasteiger partial charge < -0.3 is 10.6 Å². The molecule has 1 atom stereocenters. The summed E-state index contributed by atoms with van der Waals surface area (Å²) in [7, 11) is 0. The van der Waals surface area contributed by atoms with E-state index in [2.05, 4.69) is 0 Å². The summed E-state index contributed by atoms with van der Waals surface area (Å²) in [5.74, 6) is 0.239. The number of nitrogens with two attached hydrogens (primary N) is 1. The van der Waals surface area contributed by atoms with Crippen LogP contribution in [0.2, 0.25) is 0 Å². The van der Waals surface area contributed by atoms with Gasteiger partial charge in [-0.3, -0.25) is 4.79 Å². The predicted octanol–water partition coefficient (Wildman–Crippen LogP) is 0.512. The molecule has 68 valence electrons. The van der Waals surface area contributed by atoms with Crippen molar-refractivity contribution in [3.63, 3.8) is 0 Å². The molecule has 0 spiro atoms. The lowest BCUT2D eigenvalue weighted by atomic mass is 10.2. The lowest BCUT2D eigenvalue weighted by Gasteiger charge is -2.21. The highest BCUT2D eigenvalue weighted by molar-refractivity contribution is 5.78. The first kappa shape index (κ1) is 9.26. The maximum atomic E-state index is 11.3. The number of amides is 1. The molecular formula is C9H16N2O. The Kier molecular flexibility index (Phi) is 3.29. The second-order valence-corrected chi connectivity index (χ2v) is 3.04. The zero-order valence-electron chi connectivity index (χ0n) is 7.49. The van der Waals surface area contributed by atoms with Gasteiger partial charge in [0.05, 0.1) is 0 Å². The second kappa shape index (κ2) is 4.26. The van der Waals surface area contributed by atoms with Crippen molar-refractivity contribution in [2.24, 2.45) is 5.73 Å². The summed E-state index contributed by atoms with van der Waals surface area (Å²) in [4.78, 5) is 13.1. The Morgan fingerprint density at radius 3 is 3.08 bits per heavy atom. The van der Waals surface area contributed by atoms with Crippen molar-refractivity contribution >= 4 is 5.91 Å². The van der Waals surface area contributed by atoms with E-state index < -0.39 is 0 Å². The SMILES string of the molecule is C/C=C/CN1C(=O)CCC1CN. The highest BCUT2D eigenvalue weighted by atomic mass is 16.2. The van der Waals surface area contributed by atoms with Gasteiger partial charge >= 0.3 is 0 Å². The van der Waals surface area contributed by atoms with Crippen molar-refractivity contribution < 1.29 is 4.79 Å². The number of nitrogens with zero attached hydrogens (tertiary/aromatic N) is 1. The van der Waals surface area contributed by atoms with Gasteiger partial charge in [-0.25, -0.2) is 0 Å². The Labute approximate surface area is 73.2 Å². The van der Waals surface area contributed by atoms with Crippen LogP contribution in [-0.2, 0) is 4.79 Å². The van der Waals surface area contributed by atoms with Gasteiger partial charge in [0, 0.05) is 25.6 Å². The third kappa shape index (κ3) is 1.85. The molecule has 0 radical (unpaired) electrons. The Hall–Kier alpha value is -0.830. The van der Waals surface area contributed by atoms with Gasteiger partial charge in [0.15, 0.2) is 0 Å². The third-order valence-electron chi connectivity index (χ3n) is 2.26. The summed E-state index contributed by atoms with van der Waals surface area (Å²) >= 11 is 0. The first-order valence-electron chi connectivity index (χ1n) is 4.40. The number of hydrogen-bond donors (Lipinski definition) is 1. The van der Waals surface area contributed by atoms with E-state index in [4.69, 9.17) is 5.73 Å². The molecule has 1 heterocycles. The van der Waals surface area contributed by atoms with Crippen LogP contribution in [0.3, 0.4) is 0 Å². The predicted molar refractivity (Wildman–Crippen MR) is 48.6 cm³/mol. The van der Waals surface area contributed by atoms with E-state index in [9.17, 15) is 4.79 Å². The molecule has 1 aliphatic heterocycles. The van der Waals surface area contributed by atoms with Gasteiger partial charge in [0.1, 0.15) is 0 Å². The van der Waals surface area contributed by atoms with E-state index in [0.717, 1.165) is 13.0 Å². The number of likely N-dealkylation sites (tertiary alicyclic amines) is 1. The molecule has 0 aromatic rings. The van der Waals surface area contributed by atoms with Gasteiger partial charge in [-0.15, -0.1) is 0 Å². The van der Waals surface area contributed by atoms with E-state index >= 15 is 0 Å². The molecule has 1 aliphatic rings. The smallest absolute Gasteiger partial charge is 0.223 e. The lowest BCUT2D eigenvalue weighted by Crippen LogP contribution is -2.37. The first-order chi connectivity index (χ1) is 5.79. The molecule has 1 rings (SSSR count). The van der Waals surface area contributed by atoms with Crippen LogP contribution >= 0.6 is 0 Å². The van der Waals surface area contributed by atoms with Crippen LogP contribution in [0.1, 0.15) is 19.8 Å². The van der Waals surface area contributed by atoms with Crippen LogP contribution in [0.5, 0.6) is 0 Å². The summed E-state index contributed by atoms with van der Waals surface area (Å²) in [6.07, 6.45) is 5.54. The second-order valence-electron chi connectivity index (χ2n) is 3.04. The topological polar surface area (TPSA) is 46.3 Å². The van der Waals surface area contributed by atoms with E-state index in [0.29, 0.717) is 13.0 Å². The molecule has 3 heteroatoms. The normalized spacial score (nSPS) is 24.3. The van der Waals surface area contributed by atoms with Gasteiger partial charge in [-0.2, -0.15) is 0 Å². The molecule has 1 unspecified atom stereocenters. The van der Waals surface area contributed by atoms with Crippen LogP contribution < -0.4 is 5.73 Å². The molecule has 1 amide bonds. The summed E-state index contributed by atoms with van der Waals surface area (Å²) in [5.41, 5.74) is 5.54. The zero-order chi connectivity index (χ0) is 8.97. The molecular weight excluding hydrogens is 152 g/mol.